The largest absolute Gasteiger partial charge is 0.510 e. The fourth-order valence-electron chi connectivity index (χ4n) is 7.17. The van der Waals surface area contributed by atoms with Gasteiger partial charge in [0.15, 0.2) is 0 Å². The lowest BCUT2D eigenvalue weighted by molar-refractivity contribution is -0.777. The average Bonchev–Trinajstić information content (AvgIpc) is 3.30. The maximum atomic E-state index is 13.1. The first kappa shape index (κ1) is 57.6. The summed E-state index contributed by atoms with van der Waals surface area (Å²) in [6.07, 6.45) is 5.71. The third-order valence-electron chi connectivity index (χ3n) is 10.7. The smallest absolute Gasteiger partial charge is 0.461 e. The molecule has 21 heteroatoms. The fraction of sp³-hybridized carbons (Fsp3) is 0.449. The fourth-order valence-corrected chi connectivity index (χ4v) is 7.70. The second-order valence-corrected chi connectivity index (χ2v) is 17.0. The van der Waals surface area contributed by atoms with Gasteiger partial charge in [-0.3, -0.25) is 24.1 Å². The van der Waals surface area contributed by atoms with E-state index in [2.05, 4.69) is 37.7 Å². The highest BCUT2D eigenvalue weighted by atomic mass is 35.5. The van der Waals surface area contributed by atoms with Crippen molar-refractivity contribution in [2.24, 2.45) is 23.7 Å². The lowest BCUT2D eigenvalue weighted by atomic mass is 9.74. The van der Waals surface area contributed by atoms with Crippen LogP contribution in [0.4, 0.5) is 9.59 Å². The zero-order chi connectivity index (χ0) is 51.4. The first-order valence-electron chi connectivity index (χ1n) is 22.4. The quantitative estimate of drug-likeness (QED) is 0.0191. The summed E-state index contributed by atoms with van der Waals surface area (Å²) in [6, 6.07) is 22.2. The van der Waals surface area contributed by atoms with Crippen LogP contribution in [0.1, 0.15) is 82.1 Å². The molecule has 2 unspecified atom stereocenters. The molecule has 0 aliphatic heterocycles. The minimum absolute atomic E-state index is 0.00338. The van der Waals surface area contributed by atoms with Crippen LogP contribution in [0, 0.1) is 43.9 Å². The number of benzene rings is 3. The third-order valence-corrected chi connectivity index (χ3v) is 11.5. The number of hydrogen-bond donors (Lipinski definition) is 0. The molecule has 4 rings (SSSR count). The van der Waals surface area contributed by atoms with Crippen LogP contribution < -0.4 is 0 Å². The summed E-state index contributed by atoms with van der Waals surface area (Å²) in [6.45, 7) is 6.33. The molecule has 0 aromatic heterocycles. The molecular formula is C49H58Cl2N2O17. The summed E-state index contributed by atoms with van der Waals surface area (Å²) in [5.74, 6) is -0.0847. The van der Waals surface area contributed by atoms with E-state index in [1.54, 1.807) is 18.2 Å². The zero-order valence-electron chi connectivity index (χ0n) is 39.3. The zero-order valence-corrected chi connectivity index (χ0v) is 40.8. The van der Waals surface area contributed by atoms with Crippen molar-refractivity contribution in [1.82, 2.24) is 0 Å². The Balaban J connectivity index is 0.000000373. The van der Waals surface area contributed by atoms with E-state index >= 15 is 0 Å². The Morgan fingerprint density at radius 2 is 1.13 bits per heavy atom. The van der Waals surface area contributed by atoms with Crippen LogP contribution in [0.15, 0.2) is 97.1 Å². The SMILES string of the molecule is CC(OC(=O)OC/C=C\COC(=O)Cc1ccccc1Cc1c(Cl)cccc1Cl)O[N+](=O)[O-].CC(OC(=O)OC/C=C\COC(=O)[C@H](CC(=O)C1CCC(C(C)C)CC1)Cc1ccccc1)O[N+](=O)[O-]. The van der Waals surface area contributed by atoms with E-state index in [0.717, 1.165) is 47.9 Å². The normalized spacial score (nSPS) is 15.6. The molecule has 0 spiro atoms. The molecule has 380 valence electrons. The van der Waals surface area contributed by atoms with Gasteiger partial charge >= 0.3 is 24.2 Å². The average molecular weight is 1020 g/mol. The number of ketones is 1. The van der Waals surface area contributed by atoms with Gasteiger partial charge in [0, 0.05) is 28.8 Å². The molecule has 1 fully saturated rings. The van der Waals surface area contributed by atoms with Gasteiger partial charge in [-0.1, -0.05) is 97.7 Å². The minimum atomic E-state index is -1.40. The van der Waals surface area contributed by atoms with Crippen LogP contribution in [-0.2, 0) is 71.7 Å². The van der Waals surface area contributed by atoms with Gasteiger partial charge in [0.1, 0.15) is 32.2 Å². The Hall–Kier alpha value is -6.73. The predicted octanol–water partition coefficient (Wildman–Crippen LogP) is 10.0. The third kappa shape index (κ3) is 23.0. The van der Waals surface area contributed by atoms with Gasteiger partial charge < -0.3 is 28.4 Å². The molecule has 0 heterocycles. The van der Waals surface area contributed by atoms with E-state index in [4.69, 9.17) is 37.4 Å². The molecule has 0 amide bonds. The number of Topliss-reactive ketones (excluding diaryl/α,β-unsaturated/α-hetero) is 1. The number of carbonyl (C=O) groups is 5. The van der Waals surface area contributed by atoms with Crippen LogP contribution in [0.25, 0.3) is 0 Å². The van der Waals surface area contributed by atoms with E-state index in [1.165, 1.54) is 38.2 Å². The first-order valence-corrected chi connectivity index (χ1v) is 23.1. The summed E-state index contributed by atoms with van der Waals surface area (Å²) < 4.78 is 29.0. The highest BCUT2D eigenvalue weighted by Crippen LogP contribution is 2.35. The topological polar surface area (TPSA) is 245 Å². The van der Waals surface area contributed by atoms with Gasteiger partial charge in [-0.2, -0.15) is 0 Å². The van der Waals surface area contributed by atoms with E-state index in [1.807, 2.05) is 54.6 Å². The van der Waals surface area contributed by atoms with Crippen LogP contribution in [0.3, 0.4) is 0 Å². The summed E-state index contributed by atoms with van der Waals surface area (Å²) >= 11 is 12.5. The lowest BCUT2D eigenvalue weighted by Gasteiger charge is -2.30. The molecule has 1 saturated carbocycles. The van der Waals surface area contributed by atoms with Crippen molar-refractivity contribution in [1.29, 1.82) is 0 Å². The Morgan fingerprint density at radius 1 is 0.643 bits per heavy atom. The van der Waals surface area contributed by atoms with E-state index < -0.39 is 52.9 Å². The maximum absolute atomic E-state index is 13.1. The van der Waals surface area contributed by atoms with Crippen LogP contribution in [-0.4, -0.2) is 79.2 Å². The summed E-state index contributed by atoms with van der Waals surface area (Å²) in [7, 11) is 0. The number of rotatable bonds is 25. The van der Waals surface area contributed by atoms with Crippen LogP contribution in [0.5, 0.6) is 0 Å². The summed E-state index contributed by atoms with van der Waals surface area (Å²) in [5.41, 5.74) is 3.43. The number of hydrogen-bond acceptors (Lipinski definition) is 17. The number of ether oxygens (including phenoxy) is 6. The van der Waals surface area contributed by atoms with E-state index in [-0.39, 0.29) is 51.0 Å². The van der Waals surface area contributed by atoms with E-state index in [0.29, 0.717) is 34.7 Å². The predicted molar refractivity (Wildman–Crippen MR) is 253 cm³/mol. The Bertz CT molecular complexity index is 2210. The molecule has 19 nitrogen and oxygen atoms in total. The molecular weight excluding hydrogens is 959 g/mol. The van der Waals surface area contributed by atoms with Gasteiger partial charge in [-0.05, 0) is 116 Å². The van der Waals surface area contributed by atoms with Crippen molar-refractivity contribution in [3.8, 4) is 0 Å². The highest BCUT2D eigenvalue weighted by molar-refractivity contribution is 6.36. The molecule has 0 N–H and O–H groups in total. The number of halogens is 2. The molecule has 70 heavy (non-hydrogen) atoms. The first-order chi connectivity index (χ1) is 33.4. The molecule has 3 aromatic rings. The molecule has 0 bridgehead atoms. The molecule has 1 aliphatic carbocycles. The van der Waals surface area contributed by atoms with E-state index in [9.17, 15) is 44.2 Å². The molecule has 3 atom stereocenters. The second kappa shape index (κ2) is 31.4. The van der Waals surface area contributed by atoms with Crippen molar-refractivity contribution in [2.75, 3.05) is 26.4 Å². The van der Waals surface area contributed by atoms with Crippen molar-refractivity contribution >= 4 is 53.2 Å². The van der Waals surface area contributed by atoms with Crippen LogP contribution >= 0.6 is 23.2 Å². The Morgan fingerprint density at radius 3 is 1.64 bits per heavy atom. The van der Waals surface area contributed by atoms with Gasteiger partial charge in [-0.15, -0.1) is 20.2 Å². The van der Waals surface area contributed by atoms with Gasteiger partial charge in [-0.25, -0.2) is 9.59 Å². The Labute approximate surface area is 415 Å². The summed E-state index contributed by atoms with van der Waals surface area (Å²) in [4.78, 5) is 89.2. The van der Waals surface area contributed by atoms with Crippen molar-refractivity contribution < 1.29 is 72.2 Å². The molecule has 3 aromatic carbocycles. The van der Waals surface area contributed by atoms with Crippen molar-refractivity contribution in [3.05, 3.63) is 150 Å². The number of carbonyl (C=O) groups excluding carboxylic acids is 5. The monoisotopic (exact) mass is 1020 g/mol. The molecule has 0 radical (unpaired) electrons. The van der Waals surface area contributed by atoms with Crippen LogP contribution in [0.2, 0.25) is 10.0 Å². The summed E-state index contributed by atoms with van der Waals surface area (Å²) in [5, 5.41) is 19.2. The van der Waals surface area contributed by atoms with Gasteiger partial charge in [0.2, 0.25) is 12.6 Å². The lowest BCUT2D eigenvalue weighted by Crippen LogP contribution is -2.29. The number of esters is 2. The second-order valence-electron chi connectivity index (χ2n) is 16.1. The number of nitrogens with zero attached hydrogens (tertiary/aromatic N) is 2. The molecule has 0 saturated heterocycles. The molecule has 1 aliphatic rings. The standard InChI is InChI=1S/C27H37NO9.C22H21Cl2NO8/c1-19(2)22-11-13-23(14-12-22)25(29)18-24(17-21-9-5-4-6-10-21)26(30)34-15-7-8-16-35-27(31)36-20(3)37-28(32)33;1-15(33-25(28)29)32-22(27)31-12-5-4-11-30-21(26)14-17-8-3-2-7-16(17)13-18-19(23)9-6-10-20(18)24/h4-10,19-20,22-24H,11-18H2,1-3H3;2-10,15H,11-14H2,1H3/b8-7-;5-4-/t20?,22?,23?,24-;/m0./s1. The van der Waals surface area contributed by atoms with Crippen molar-refractivity contribution in [3.63, 3.8) is 0 Å². The van der Waals surface area contributed by atoms with Gasteiger partial charge in [0.05, 0.1) is 12.3 Å². The maximum Gasteiger partial charge on any atom is 0.510 e. The van der Waals surface area contributed by atoms with Gasteiger partial charge in [0.25, 0.3) is 10.2 Å². The minimum Gasteiger partial charge on any atom is -0.461 e. The van der Waals surface area contributed by atoms with Crippen molar-refractivity contribution in [2.45, 2.75) is 91.6 Å². The Kier molecular flexibility index (Phi) is 25.8. The highest BCUT2D eigenvalue weighted by Gasteiger charge is 2.31.